The van der Waals surface area contributed by atoms with E-state index in [1.54, 1.807) is 11.3 Å². The molecular weight excluding hydrogens is 240 g/mol. The van der Waals surface area contributed by atoms with Crippen molar-refractivity contribution in [3.8, 4) is 0 Å². The van der Waals surface area contributed by atoms with Gasteiger partial charge in [0, 0.05) is 6.04 Å². The van der Waals surface area contributed by atoms with E-state index in [-0.39, 0.29) is 0 Å². The topological polar surface area (TPSA) is 24.9 Å². The highest BCUT2D eigenvalue weighted by Gasteiger charge is 2.31. The van der Waals surface area contributed by atoms with E-state index in [0.717, 1.165) is 10.6 Å². The molecule has 2 aromatic rings. The van der Waals surface area contributed by atoms with Crippen LogP contribution in [0.15, 0.2) is 18.2 Å². The van der Waals surface area contributed by atoms with Crippen molar-refractivity contribution >= 4 is 26.7 Å². The smallest absolute Gasteiger partial charge is 0.184 e. The Morgan fingerprint density at radius 2 is 2.22 bits per heavy atom. The summed E-state index contributed by atoms with van der Waals surface area (Å²) in [6, 6.07) is 7.06. The van der Waals surface area contributed by atoms with Gasteiger partial charge in [-0.25, -0.2) is 4.98 Å². The minimum Gasteiger partial charge on any atom is -0.359 e. The lowest BCUT2D eigenvalue weighted by atomic mass is 9.92. The molecule has 3 rings (SSSR count). The Balaban J connectivity index is 1.79. The largest absolute Gasteiger partial charge is 0.359 e. The molecule has 1 unspecified atom stereocenters. The standard InChI is InChI=1S/C15H20N2S/c1-10-4-5-12-13(8-10)18-14(17-12)16-11-6-7-15(2,3)9-11/h4-5,8,11H,6-7,9H2,1-3H3,(H,16,17). The van der Waals surface area contributed by atoms with E-state index in [9.17, 15) is 0 Å². The monoisotopic (exact) mass is 260 g/mol. The van der Waals surface area contributed by atoms with Gasteiger partial charge >= 0.3 is 0 Å². The summed E-state index contributed by atoms with van der Waals surface area (Å²) in [6.45, 7) is 6.85. The molecular formula is C15H20N2S. The third-order valence-corrected chi connectivity index (χ3v) is 4.79. The molecule has 2 nitrogen and oxygen atoms in total. The maximum Gasteiger partial charge on any atom is 0.184 e. The van der Waals surface area contributed by atoms with Crippen LogP contribution in [0.2, 0.25) is 0 Å². The highest BCUT2D eigenvalue weighted by molar-refractivity contribution is 7.22. The second-order valence-electron chi connectivity index (χ2n) is 6.24. The second-order valence-corrected chi connectivity index (χ2v) is 7.27. The summed E-state index contributed by atoms with van der Waals surface area (Å²) >= 11 is 1.78. The van der Waals surface area contributed by atoms with Crippen LogP contribution in [0.1, 0.15) is 38.7 Å². The van der Waals surface area contributed by atoms with Crippen molar-refractivity contribution in [1.82, 2.24) is 4.98 Å². The van der Waals surface area contributed by atoms with Crippen LogP contribution in [0.5, 0.6) is 0 Å². The Morgan fingerprint density at radius 1 is 1.39 bits per heavy atom. The van der Waals surface area contributed by atoms with Crippen molar-refractivity contribution in [2.24, 2.45) is 5.41 Å². The molecule has 1 heterocycles. The third kappa shape index (κ3) is 2.37. The molecule has 1 aromatic carbocycles. The maximum absolute atomic E-state index is 4.67. The number of fused-ring (bicyclic) bond motifs is 1. The first-order valence-corrected chi connectivity index (χ1v) is 7.47. The molecule has 0 amide bonds. The van der Waals surface area contributed by atoms with E-state index >= 15 is 0 Å². The molecule has 1 atom stereocenters. The first-order valence-electron chi connectivity index (χ1n) is 6.66. The Bertz CT molecular complexity index is 571. The fraction of sp³-hybridized carbons (Fsp3) is 0.533. The molecule has 0 aliphatic heterocycles. The summed E-state index contributed by atoms with van der Waals surface area (Å²) < 4.78 is 1.29. The van der Waals surface area contributed by atoms with Gasteiger partial charge < -0.3 is 5.32 Å². The van der Waals surface area contributed by atoms with Crippen molar-refractivity contribution < 1.29 is 0 Å². The fourth-order valence-corrected chi connectivity index (χ4v) is 3.87. The van der Waals surface area contributed by atoms with Crippen LogP contribution in [0.25, 0.3) is 10.2 Å². The zero-order valence-electron chi connectivity index (χ0n) is 11.3. The van der Waals surface area contributed by atoms with Crippen LogP contribution in [0.4, 0.5) is 5.13 Å². The van der Waals surface area contributed by atoms with Gasteiger partial charge in [0.2, 0.25) is 0 Å². The minimum atomic E-state index is 0.491. The molecule has 96 valence electrons. The lowest BCUT2D eigenvalue weighted by molar-refractivity contribution is 0.378. The Kier molecular flexibility index (Phi) is 2.81. The van der Waals surface area contributed by atoms with Gasteiger partial charge in [-0.1, -0.05) is 31.3 Å². The molecule has 0 saturated heterocycles. The number of nitrogens with zero attached hydrogens (tertiary/aromatic N) is 1. The number of hydrogen-bond acceptors (Lipinski definition) is 3. The molecule has 1 saturated carbocycles. The number of aryl methyl sites for hydroxylation is 1. The SMILES string of the molecule is Cc1ccc2nc(NC3CCC(C)(C)C3)sc2c1. The normalized spacial score (nSPS) is 22.5. The quantitative estimate of drug-likeness (QED) is 0.854. The van der Waals surface area contributed by atoms with Gasteiger partial charge in [-0.15, -0.1) is 0 Å². The molecule has 1 fully saturated rings. The number of thiazole rings is 1. The predicted molar refractivity (Wildman–Crippen MR) is 79.4 cm³/mol. The van der Waals surface area contributed by atoms with Gasteiger partial charge in [-0.2, -0.15) is 0 Å². The van der Waals surface area contributed by atoms with Crippen LogP contribution in [-0.4, -0.2) is 11.0 Å². The second kappa shape index (κ2) is 4.23. The molecule has 3 heteroatoms. The van der Waals surface area contributed by atoms with Gasteiger partial charge in [0.15, 0.2) is 5.13 Å². The van der Waals surface area contributed by atoms with Gasteiger partial charge in [0.05, 0.1) is 10.2 Å². The average molecular weight is 260 g/mol. The van der Waals surface area contributed by atoms with Crippen molar-refractivity contribution in [3.63, 3.8) is 0 Å². The zero-order valence-corrected chi connectivity index (χ0v) is 12.1. The number of hydrogen-bond donors (Lipinski definition) is 1. The maximum atomic E-state index is 4.67. The lowest BCUT2D eigenvalue weighted by Crippen LogP contribution is -2.17. The van der Waals surface area contributed by atoms with Crippen LogP contribution < -0.4 is 5.32 Å². The van der Waals surface area contributed by atoms with E-state index in [2.05, 4.69) is 49.3 Å². The summed E-state index contributed by atoms with van der Waals surface area (Å²) in [4.78, 5) is 4.67. The highest BCUT2D eigenvalue weighted by Crippen LogP contribution is 2.39. The summed E-state index contributed by atoms with van der Waals surface area (Å²) in [7, 11) is 0. The first-order chi connectivity index (χ1) is 8.52. The van der Waals surface area contributed by atoms with Crippen molar-refractivity contribution in [1.29, 1.82) is 0 Å². The molecule has 1 aliphatic rings. The summed E-state index contributed by atoms with van der Waals surface area (Å²) in [5, 5.41) is 4.69. The molecule has 1 aliphatic carbocycles. The minimum absolute atomic E-state index is 0.491. The molecule has 0 bridgehead atoms. The van der Waals surface area contributed by atoms with Crippen LogP contribution in [0, 0.1) is 12.3 Å². The number of aromatic nitrogens is 1. The highest BCUT2D eigenvalue weighted by atomic mass is 32.1. The Morgan fingerprint density at radius 3 is 2.94 bits per heavy atom. The van der Waals surface area contributed by atoms with E-state index in [0.29, 0.717) is 11.5 Å². The summed E-state index contributed by atoms with van der Waals surface area (Å²) in [6.07, 6.45) is 3.83. The third-order valence-electron chi connectivity index (χ3n) is 3.84. The van der Waals surface area contributed by atoms with Gasteiger partial charge in [-0.3, -0.25) is 0 Å². The van der Waals surface area contributed by atoms with Crippen LogP contribution in [0.3, 0.4) is 0 Å². The van der Waals surface area contributed by atoms with E-state index in [4.69, 9.17) is 0 Å². The summed E-state index contributed by atoms with van der Waals surface area (Å²) in [5.74, 6) is 0. The van der Waals surface area contributed by atoms with Gasteiger partial charge in [0.25, 0.3) is 0 Å². The molecule has 0 radical (unpaired) electrons. The Hall–Kier alpha value is -1.09. The number of nitrogens with one attached hydrogen (secondary N) is 1. The zero-order chi connectivity index (χ0) is 12.8. The van der Waals surface area contributed by atoms with E-state index in [1.165, 1.54) is 29.5 Å². The summed E-state index contributed by atoms with van der Waals surface area (Å²) in [5.41, 5.74) is 2.91. The van der Waals surface area contributed by atoms with Crippen molar-refractivity contribution in [3.05, 3.63) is 23.8 Å². The van der Waals surface area contributed by atoms with Crippen molar-refractivity contribution in [2.45, 2.75) is 46.1 Å². The van der Waals surface area contributed by atoms with E-state index < -0.39 is 0 Å². The van der Waals surface area contributed by atoms with Gasteiger partial charge in [-0.05, 0) is 49.3 Å². The van der Waals surface area contributed by atoms with Gasteiger partial charge in [0.1, 0.15) is 0 Å². The molecule has 1 aromatic heterocycles. The molecule has 1 N–H and O–H groups in total. The van der Waals surface area contributed by atoms with Crippen LogP contribution >= 0.6 is 11.3 Å². The average Bonchev–Trinajstić information content (AvgIpc) is 2.81. The van der Waals surface area contributed by atoms with E-state index in [1.807, 2.05) is 0 Å². The first kappa shape index (κ1) is 12.0. The molecule has 18 heavy (non-hydrogen) atoms. The lowest BCUT2D eigenvalue weighted by Gasteiger charge is -2.17. The Labute approximate surface area is 112 Å². The predicted octanol–water partition coefficient (Wildman–Crippen LogP) is 4.60. The fourth-order valence-electron chi connectivity index (χ4n) is 2.83. The number of rotatable bonds is 2. The molecule has 0 spiro atoms. The van der Waals surface area contributed by atoms with Crippen LogP contribution in [-0.2, 0) is 0 Å². The number of benzene rings is 1. The number of anilines is 1. The van der Waals surface area contributed by atoms with Crippen molar-refractivity contribution in [2.75, 3.05) is 5.32 Å².